The minimum atomic E-state index is -0.231. The van der Waals surface area contributed by atoms with Gasteiger partial charge < -0.3 is 8.98 Å². The first kappa shape index (κ1) is 25.1. The average Bonchev–Trinajstić information content (AvgIpc) is 4.02. The molecule has 13 rings (SSSR count). The molecule has 8 aromatic carbocycles. The summed E-state index contributed by atoms with van der Waals surface area (Å²) in [5.74, 6) is 0. The first-order chi connectivity index (χ1) is 28.4. The quantitative estimate of drug-likeness (QED) is 0.168. The molecule has 0 saturated carbocycles. The van der Waals surface area contributed by atoms with E-state index in [9.17, 15) is 4.79 Å². The van der Waals surface area contributed by atoms with Gasteiger partial charge in [0.15, 0.2) is 5.58 Å². The van der Waals surface area contributed by atoms with E-state index in [0.717, 1.165) is 103 Å². The van der Waals surface area contributed by atoms with Gasteiger partial charge in [-0.05, 0) is 59.0 Å². The number of thiophene rings is 1. The lowest BCUT2D eigenvalue weighted by atomic mass is 9.97. The molecule has 5 heteroatoms. The van der Waals surface area contributed by atoms with Crippen LogP contribution < -0.4 is 5.56 Å². The van der Waals surface area contributed by atoms with E-state index >= 15 is 0 Å². The predicted molar refractivity (Wildman–Crippen MR) is 227 cm³/mol. The van der Waals surface area contributed by atoms with Crippen LogP contribution in [0, 0.1) is 0 Å². The van der Waals surface area contributed by atoms with Crippen molar-refractivity contribution in [3.8, 4) is 16.8 Å². The van der Waals surface area contributed by atoms with E-state index < -0.39 is 0 Å². The molecule has 0 radical (unpaired) electrons. The molecule has 0 bridgehead atoms. The molecular formula is C49H26N2O2S. The Hall–Kier alpha value is -6.95. The highest BCUT2D eigenvalue weighted by molar-refractivity contribution is 7.26. The Labute approximate surface area is 315 Å². The normalized spacial score (nSPS) is 13.6. The fraction of sp³-hybridized carbons (Fsp3) is 0. The average molecular weight is 711 g/mol. The Bertz CT molecular complexity index is 4060. The van der Waals surface area contributed by atoms with Crippen molar-refractivity contribution in [2.75, 3.05) is 0 Å². The molecule has 0 unspecified atom stereocenters. The van der Waals surface area contributed by atoms with Crippen molar-refractivity contribution >= 4 is 113 Å². The minimum absolute atomic E-state index is 0.0216. The van der Waals surface area contributed by atoms with Gasteiger partial charge in [-0.25, -0.2) is 0 Å². The van der Waals surface area contributed by atoms with Crippen molar-refractivity contribution in [1.29, 1.82) is 0 Å². The lowest BCUT2D eigenvalue weighted by Gasteiger charge is -2.12. The van der Waals surface area contributed by atoms with E-state index in [1.54, 1.807) is 0 Å². The molecule has 0 aliphatic carbocycles. The Morgan fingerprint density at radius 1 is 0.556 bits per heavy atom. The number of para-hydroxylation sites is 3. The molecule has 0 spiro atoms. The van der Waals surface area contributed by atoms with E-state index in [1.165, 1.54) is 11.3 Å². The third-order valence-electron chi connectivity index (χ3n) is 11.4. The van der Waals surface area contributed by atoms with Gasteiger partial charge in [-0.2, -0.15) is 0 Å². The van der Waals surface area contributed by atoms with Gasteiger partial charge in [0.25, 0.3) is 5.56 Å². The van der Waals surface area contributed by atoms with Crippen LogP contribution in [0.4, 0.5) is 0 Å². The molecule has 0 saturated heterocycles. The summed E-state index contributed by atoms with van der Waals surface area (Å²) in [5.41, 5.74) is 8.02. The number of nitrogens with zero attached hydrogens (tertiary/aromatic N) is 2. The fourth-order valence-electron chi connectivity index (χ4n) is 9.17. The highest BCUT2D eigenvalue weighted by Crippen LogP contribution is 2.47. The molecule has 0 N–H and O–H groups in total. The van der Waals surface area contributed by atoms with Gasteiger partial charge in [0.05, 0.1) is 37.9 Å². The van der Waals surface area contributed by atoms with Gasteiger partial charge in [-0.3, -0.25) is 9.20 Å². The molecule has 5 aromatic heterocycles. The zero-order valence-electron chi connectivity index (χ0n) is 32.3. The first-order valence-electron chi connectivity index (χ1n) is 19.9. The number of furan rings is 1. The minimum Gasteiger partial charge on any atom is -0.454 e. The summed E-state index contributed by atoms with van der Waals surface area (Å²) in [6, 6.07) is 44.7. The van der Waals surface area contributed by atoms with Crippen LogP contribution in [-0.2, 0) is 0 Å². The number of benzene rings is 8. The van der Waals surface area contributed by atoms with Crippen molar-refractivity contribution in [1.82, 2.24) is 8.97 Å². The van der Waals surface area contributed by atoms with E-state index in [2.05, 4.69) is 77.4 Å². The van der Waals surface area contributed by atoms with Crippen LogP contribution in [0.3, 0.4) is 0 Å². The van der Waals surface area contributed by atoms with Crippen LogP contribution >= 0.6 is 11.3 Å². The maximum absolute atomic E-state index is 14.1. The molecule has 0 atom stereocenters. The Morgan fingerprint density at radius 3 is 2.19 bits per heavy atom. The van der Waals surface area contributed by atoms with Gasteiger partial charge in [-0.15, -0.1) is 11.3 Å². The van der Waals surface area contributed by atoms with Crippen LogP contribution in [-0.4, -0.2) is 8.97 Å². The SMILES string of the molecule is [2H]c1c([2H])c([2H])c2c(sc3c2ccc2c4ccccc4n(-c4ccc(-c5ccc6c(c5)c5cccc7c8ccccc8c(=O)n6c75)c5c4oc4ccccc45)c23)c1[2H]. The maximum Gasteiger partial charge on any atom is 0.263 e. The fourth-order valence-corrected chi connectivity index (χ4v) is 10.3. The smallest absolute Gasteiger partial charge is 0.263 e. The molecule has 250 valence electrons. The number of pyridine rings is 1. The van der Waals surface area contributed by atoms with Crippen LogP contribution in [0.25, 0.3) is 119 Å². The van der Waals surface area contributed by atoms with Gasteiger partial charge in [-0.1, -0.05) is 115 Å². The second-order valence-corrected chi connectivity index (χ2v) is 15.1. The third-order valence-corrected chi connectivity index (χ3v) is 12.5. The second-order valence-electron chi connectivity index (χ2n) is 14.1. The van der Waals surface area contributed by atoms with Gasteiger partial charge in [0.2, 0.25) is 0 Å². The van der Waals surface area contributed by atoms with E-state index in [-0.39, 0.29) is 29.7 Å². The van der Waals surface area contributed by atoms with Crippen LogP contribution in [0.15, 0.2) is 167 Å². The monoisotopic (exact) mass is 710 g/mol. The van der Waals surface area contributed by atoms with E-state index in [0.29, 0.717) is 15.5 Å². The van der Waals surface area contributed by atoms with E-state index in [4.69, 9.17) is 9.90 Å². The summed E-state index contributed by atoms with van der Waals surface area (Å²) in [7, 11) is 0. The number of aromatic nitrogens is 2. The van der Waals surface area contributed by atoms with Crippen molar-refractivity contribution in [3.63, 3.8) is 0 Å². The summed E-state index contributed by atoms with van der Waals surface area (Å²) < 4.78 is 47.0. The molecule has 5 heterocycles. The van der Waals surface area contributed by atoms with Crippen LogP contribution in [0.2, 0.25) is 0 Å². The summed E-state index contributed by atoms with van der Waals surface area (Å²) in [6.45, 7) is 0. The van der Waals surface area contributed by atoms with Crippen molar-refractivity contribution < 1.29 is 9.90 Å². The number of fused-ring (bicyclic) bond motifs is 15. The van der Waals surface area contributed by atoms with Gasteiger partial charge >= 0.3 is 0 Å². The maximum atomic E-state index is 14.1. The van der Waals surface area contributed by atoms with E-state index in [1.807, 2.05) is 65.1 Å². The molecule has 54 heavy (non-hydrogen) atoms. The zero-order valence-corrected chi connectivity index (χ0v) is 29.1. The second kappa shape index (κ2) is 10.1. The Kier molecular flexibility index (Phi) is 4.71. The molecule has 13 aromatic rings. The summed E-state index contributed by atoms with van der Waals surface area (Å²) in [4.78, 5) is 14.1. The lowest BCUT2D eigenvalue weighted by molar-refractivity contribution is 0.666. The van der Waals surface area contributed by atoms with Gasteiger partial charge in [0.1, 0.15) is 5.58 Å². The van der Waals surface area contributed by atoms with Gasteiger partial charge in [0, 0.05) is 58.6 Å². The molecule has 0 aliphatic heterocycles. The standard InChI is InChI=1S/C49H26N2O2S/c52-49-36-13-2-1-10-29(36)32-15-9-16-33-38-26-27(20-24-40(38)51(49)45(32)33)28-23-25-41(47-44(28)37-14-4-7-18-42(37)53-47)50-39-17-6-3-11-30(39)34-21-22-35-31-12-5-8-19-43(31)54-48(35)46(34)50/h1-26H/i5D,8D,12D,19D. The van der Waals surface area contributed by atoms with Crippen molar-refractivity contribution in [3.05, 3.63) is 168 Å². The molecule has 0 amide bonds. The number of rotatable bonds is 2. The summed E-state index contributed by atoms with van der Waals surface area (Å²) >= 11 is 1.41. The highest BCUT2D eigenvalue weighted by Gasteiger charge is 2.24. The number of hydrogen-bond donors (Lipinski definition) is 0. The zero-order chi connectivity index (χ0) is 38.7. The predicted octanol–water partition coefficient (Wildman–Crippen LogP) is 13.2. The van der Waals surface area contributed by atoms with Crippen LogP contribution in [0.5, 0.6) is 0 Å². The van der Waals surface area contributed by atoms with Crippen molar-refractivity contribution in [2.24, 2.45) is 0 Å². The summed E-state index contributed by atoms with van der Waals surface area (Å²) in [5, 5.41) is 10.1. The summed E-state index contributed by atoms with van der Waals surface area (Å²) in [6.07, 6.45) is 0. The van der Waals surface area contributed by atoms with Crippen LogP contribution in [0.1, 0.15) is 5.48 Å². The lowest BCUT2D eigenvalue weighted by Crippen LogP contribution is -2.12. The Balaban J connectivity index is 1.14. The highest BCUT2D eigenvalue weighted by atomic mass is 32.1. The molecular weight excluding hydrogens is 681 g/mol. The molecule has 0 fully saturated rings. The third kappa shape index (κ3) is 3.50. The Morgan fingerprint density at radius 2 is 1.28 bits per heavy atom. The molecule has 4 nitrogen and oxygen atoms in total. The molecule has 0 aliphatic rings. The number of hydrogen-bond acceptors (Lipinski definition) is 3. The van der Waals surface area contributed by atoms with Crippen molar-refractivity contribution in [2.45, 2.75) is 0 Å². The first-order valence-corrected chi connectivity index (χ1v) is 18.7. The topological polar surface area (TPSA) is 39.5 Å². The largest absolute Gasteiger partial charge is 0.454 e.